The summed E-state index contributed by atoms with van der Waals surface area (Å²) in [6.07, 6.45) is 18.7. The number of hydrogen-bond acceptors (Lipinski definition) is 2. The fourth-order valence-electron chi connectivity index (χ4n) is 3.65. The SMILES string of the molecule is CC/C=C(\O)c1ccccc1CCCCCCCCCCCCCCC(=O)O. The van der Waals surface area contributed by atoms with Gasteiger partial charge in [0, 0.05) is 12.0 Å². The van der Waals surface area contributed by atoms with Gasteiger partial charge in [0.25, 0.3) is 0 Å². The zero-order chi connectivity index (χ0) is 20.5. The van der Waals surface area contributed by atoms with Gasteiger partial charge in [0.2, 0.25) is 0 Å². The number of aliphatic hydroxyl groups is 1. The first-order valence-electron chi connectivity index (χ1n) is 11.3. The standard InChI is InChI=1S/C25H40O3/c1-2-17-24(26)23-20-16-15-19-22(23)18-13-11-9-7-5-3-4-6-8-10-12-14-21-25(27)28/h15-17,19-20,26H,2-14,18,21H2,1H3,(H,27,28)/b24-17-. The molecule has 0 fully saturated rings. The van der Waals surface area contributed by atoms with Crippen LogP contribution in [-0.2, 0) is 11.2 Å². The second kappa shape index (κ2) is 16.2. The van der Waals surface area contributed by atoms with Crippen LogP contribution < -0.4 is 0 Å². The summed E-state index contributed by atoms with van der Waals surface area (Å²) in [7, 11) is 0. The first kappa shape index (κ1) is 24.3. The first-order valence-corrected chi connectivity index (χ1v) is 11.3. The van der Waals surface area contributed by atoms with Crippen molar-refractivity contribution in [1.29, 1.82) is 0 Å². The van der Waals surface area contributed by atoms with Crippen LogP contribution in [0.15, 0.2) is 30.3 Å². The molecule has 0 aliphatic carbocycles. The quantitative estimate of drug-likeness (QED) is 0.212. The Morgan fingerprint density at radius 3 is 1.82 bits per heavy atom. The highest BCUT2D eigenvalue weighted by molar-refractivity contribution is 5.66. The third kappa shape index (κ3) is 11.8. The average Bonchev–Trinajstić information content (AvgIpc) is 2.68. The molecule has 0 saturated heterocycles. The molecule has 0 aliphatic rings. The summed E-state index contributed by atoms with van der Waals surface area (Å²) in [5.74, 6) is -0.254. The Balaban J connectivity index is 1.99. The summed E-state index contributed by atoms with van der Waals surface area (Å²) in [6, 6.07) is 8.21. The number of carboxylic acids is 1. The van der Waals surface area contributed by atoms with E-state index < -0.39 is 5.97 Å². The second-order valence-corrected chi connectivity index (χ2v) is 7.79. The summed E-state index contributed by atoms with van der Waals surface area (Å²) >= 11 is 0. The lowest BCUT2D eigenvalue weighted by molar-refractivity contribution is -0.137. The van der Waals surface area contributed by atoms with E-state index in [0.29, 0.717) is 12.2 Å². The van der Waals surface area contributed by atoms with Crippen molar-refractivity contribution < 1.29 is 15.0 Å². The van der Waals surface area contributed by atoms with Crippen LogP contribution in [0.2, 0.25) is 0 Å². The number of benzene rings is 1. The number of carboxylic acid groups (broad SMARTS) is 1. The monoisotopic (exact) mass is 388 g/mol. The van der Waals surface area contributed by atoms with Gasteiger partial charge < -0.3 is 10.2 Å². The molecule has 0 atom stereocenters. The molecular weight excluding hydrogens is 348 g/mol. The molecule has 2 N–H and O–H groups in total. The van der Waals surface area contributed by atoms with Crippen molar-refractivity contribution in [2.75, 3.05) is 0 Å². The first-order chi connectivity index (χ1) is 13.6. The zero-order valence-electron chi connectivity index (χ0n) is 17.8. The van der Waals surface area contributed by atoms with Crippen molar-refractivity contribution in [3.8, 4) is 0 Å². The summed E-state index contributed by atoms with van der Waals surface area (Å²) < 4.78 is 0. The Hall–Kier alpha value is -1.77. The minimum Gasteiger partial charge on any atom is -0.508 e. The molecule has 0 aromatic heterocycles. The number of aryl methyl sites for hydroxylation is 1. The van der Waals surface area contributed by atoms with Gasteiger partial charge >= 0.3 is 5.97 Å². The molecule has 0 unspecified atom stereocenters. The van der Waals surface area contributed by atoms with Crippen LogP contribution >= 0.6 is 0 Å². The van der Waals surface area contributed by atoms with Crippen molar-refractivity contribution in [2.24, 2.45) is 0 Å². The average molecular weight is 389 g/mol. The normalized spacial score (nSPS) is 11.7. The lowest BCUT2D eigenvalue weighted by Gasteiger charge is -2.09. The van der Waals surface area contributed by atoms with E-state index >= 15 is 0 Å². The Kier molecular flexibility index (Phi) is 14.0. The molecule has 0 bridgehead atoms. The highest BCUT2D eigenvalue weighted by Crippen LogP contribution is 2.20. The van der Waals surface area contributed by atoms with E-state index in [4.69, 9.17) is 5.11 Å². The highest BCUT2D eigenvalue weighted by Gasteiger charge is 2.05. The van der Waals surface area contributed by atoms with Crippen molar-refractivity contribution in [3.63, 3.8) is 0 Å². The van der Waals surface area contributed by atoms with Crippen LogP contribution in [0.4, 0.5) is 0 Å². The van der Waals surface area contributed by atoms with E-state index in [1.165, 1.54) is 69.8 Å². The lowest BCUT2D eigenvalue weighted by atomic mass is 9.98. The van der Waals surface area contributed by atoms with Crippen molar-refractivity contribution in [3.05, 3.63) is 41.5 Å². The van der Waals surface area contributed by atoms with E-state index in [1.54, 1.807) is 0 Å². The number of allylic oxidation sites excluding steroid dienone is 1. The number of unbranched alkanes of at least 4 members (excludes halogenated alkanes) is 11. The summed E-state index contributed by atoms with van der Waals surface area (Å²) in [6.45, 7) is 2.04. The van der Waals surface area contributed by atoms with Gasteiger partial charge in [-0.1, -0.05) is 95.4 Å². The molecule has 0 aliphatic heterocycles. The van der Waals surface area contributed by atoms with Gasteiger partial charge in [-0.15, -0.1) is 0 Å². The van der Waals surface area contributed by atoms with Crippen molar-refractivity contribution >= 4 is 11.7 Å². The minimum absolute atomic E-state index is 0.322. The molecule has 1 aromatic rings. The molecule has 28 heavy (non-hydrogen) atoms. The van der Waals surface area contributed by atoms with E-state index in [2.05, 4.69) is 12.1 Å². The molecule has 0 heterocycles. The Labute approximate surface area is 171 Å². The van der Waals surface area contributed by atoms with E-state index in [1.807, 2.05) is 25.1 Å². The van der Waals surface area contributed by atoms with Crippen LogP contribution in [0.5, 0.6) is 0 Å². The number of aliphatic carboxylic acids is 1. The predicted octanol–water partition coefficient (Wildman–Crippen LogP) is 7.69. The van der Waals surface area contributed by atoms with Gasteiger partial charge in [-0.05, 0) is 37.3 Å². The number of hydrogen-bond donors (Lipinski definition) is 2. The zero-order valence-corrected chi connectivity index (χ0v) is 17.8. The smallest absolute Gasteiger partial charge is 0.303 e. The molecule has 0 spiro atoms. The van der Waals surface area contributed by atoms with Crippen LogP contribution in [-0.4, -0.2) is 16.2 Å². The molecule has 1 rings (SSSR count). The van der Waals surface area contributed by atoms with Crippen LogP contribution in [0.25, 0.3) is 5.76 Å². The maximum absolute atomic E-state index is 10.4. The van der Waals surface area contributed by atoms with Gasteiger partial charge in [-0.2, -0.15) is 0 Å². The van der Waals surface area contributed by atoms with E-state index in [9.17, 15) is 9.90 Å². The fraction of sp³-hybridized carbons (Fsp3) is 0.640. The Morgan fingerprint density at radius 1 is 0.786 bits per heavy atom. The highest BCUT2D eigenvalue weighted by atomic mass is 16.4. The largest absolute Gasteiger partial charge is 0.508 e. The molecule has 0 radical (unpaired) electrons. The Morgan fingerprint density at radius 2 is 1.29 bits per heavy atom. The minimum atomic E-state index is -0.671. The molecule has 158 valence electrons. The molecule has 3 heteroatoms. The van der Waals surface area contributed by atoms with Gasteiger partial charge in [0.1, 0.15) is 5.76 Å². The molecular formula is C25H40O3. The maximum Gasteiger partial charge on any atom is 0.303 e. The third-order valence-electron chi connectivity index (χ3n) is 5.28. The van der Waals surface area contributed by atoms with Gasteiger partial charge in [-0.25, -0.2) is 0 Å². The van der Waals surface area contributed by atoms with Gasteiger partial charge in [-0.3, -0.25) is 4.79 Å². The number of aliphatic hydroxyl groups excluding tert-OH is 1. The van der Waals surface area contributed by atoms with Crippen molar-refractivity contribution in [1.82, 2.24) is 0 Å². The molecule has 3 nitrogen and oxygen atoms in total. The van der Waals surface area contributed by atoms with Crippen LogP contribution in [0.1, 0.15) is 108 Å². The summed E-state index contributed by atoms with van der Waals surface area (Å²) in [4.78, 5) is 10.4. The lowest BCUT2D eigenvalue weighted by Crippen LogP contribution is -1.94. The second-order valence-electron chi connectivity index (χ2n) is 7.79. The van der Waals surface area contributed by atoms with Gasteiger partial charge in [0.15, 0.2) is 0 Å². The molecule has 0 amide bonds. The topological polar surface area (TPSA) is 57.5 Å². The van der Waals surface area contributed by atoms with E-state index in [0.717, 1.165) is 31.2 Å². The summed E-state index contributed by atoms with van der Waals surface area (Å²) in [5, 5.41) is 18.8. The number of carbonyl (C=O) groups is 1. The Bertz CT molecular complexity index is 563. The summed E-state index contributed by atoms with van der Waals surface area (Å²) in [5.41, 5.74) is 2.25. The van der Waals surface area contributed by atoms with Crippen LogP contribution in [0, 0.1) is 0 Å². The number of rotatable bonds is 17. The fourth-order valence-corrected chi connectivity index (χ4v) is 3.65. The van der Waals surface area contributed by atoms with Crippen molar-refractivity contribution in [2.45, 2.75) is 103 Å². The van der Waals surface area contributed by atoms with Crippen LogP contribution in [0.3, 0.4) is 0 Å². The molecule has 1 aromatic carbocycles. The predicted molar refractivity (Wildman–Crippen MR) is 119 cm³/mol. The third-order valence-corrected chi connectivity index (χ3v) is 5.28. The molecule has 0 saturated carbocycles. The van der Waals surface area contributed by atoms with Gasteiger partial charge in [0.05, 0.1) is 0 Å². The maximum atomic E-state index is 10.4. The van der Waals surface area contributed by atoms with E-state index in [-0.39, 0.29) is 0 Å².